The van der Waals surface area contributed by atoms with E-state index < -0.39 is 12.1 Å². The molecule has 362 valence electrons. The minimum absolute atomic E-state index is 0.135. The lowest BCUT2D eigenvalue weighted by Crippen LogP contribution is -2.30. The van der Waals surface area contributed by atoms with Gasteiger partial charge in [-0.2, -0.15) is 0 Å². The maximum absolute atomic E-state index is 12.8. The monoisotopic (exact) mass is 895 g/mol. The fraction of sp³-hybridized carbons (Fsp3) is 0.542. The van der Waals surface area contributed by atoms with Gasteiger partial charge in [0.25, 0.3) is 0 Å². The molecule has 0 saturated heterocycles. The summed E-state index contributed by atoms with van der Waals surface area (Å²) in [5.74, 6) is -1.10. The topological polar surface area (TPSA) is 78.9 Å². The van der Waals surface area contributed by atoms with Gasteiger partial charge in [-0.15, -0.1) is 0 Å². The summed E-state index contributed by atoms with van der Waals surface area (Å²) in [6, 6.07) is 0. The van der Waals surface area contributed by atoms with Crippen molar-refractivity contribution in [3.05, 3.63) is 146 Å². The van der Waals surface area contributed by atoms with Crippen LogP contribution >= 0.6 is 0 Å². The van der Waals surface area contributed by atoms with E-state index >= 15 is 0 Å². The molecule has 6 heteroatoms. The standard InChI is InChI=1S/C59H90O6/c1-4-7-10-13-16-19-22-24-26-28-29-31-32-34-37-40-43-46-49-52-58(61)64-55-56(54-63-57(60)51-48-45-42-39-36-21-18-15-12-9-6-3)65-59(62)53-50-47-44-41-38-35-33-30-27-25-23-20-17-14-11-8-5-2/h7-8,10-11,15-20,24-27,29,31,33-35,37,41,43-44,46,56H,4-6,9,12-14,21-23,28,30,32,36,38-40,42,45,47-55H2,1-3H3/b10-7-,11-8-,18-15-,19-16-,20-17-,26-24-,27-25-,31-29-,35-33-,37-34-,44-41-,46-43-. The molecule has 0 bridgehead atoms. The number of esters is 3. The summed E-state index contributed by atoms with van der Waals surface area (Å²) in [6.07, 6.45) is 74.2. The third-order valence-corrected chi connectivity index (χ3v) is 9.82. The molecule has 0 amide bonds. The van der Waals surface area contributed by atoms with Gasteiger partial charge in [-0.05, 0) is 116 Å². The number of rotatable bonds is 43. The van der Waals surface area contributed by atoms with E-state index in [0.29, 0.717) is 19.3 Å². The van der Waals surface area contributed by atoms with Gasteiger partial charge in [-0.25, -0.2) is 0 Å². The Hall–Kier alpha value is -4.71. The smallest absolute Gasteiger partial charge is 0.306 e. The fourth-order valence-electron chi connectivity index (χ4n) is 6.07. The van der Waals surface area contributed by atoms with E-state index in [-0.39, 0.29) is 38.0 Å². The second kappa shape index (κ2) is 51.9. The molecule has 0 radical (unpaired) electrons. The summed E-state index contributed by atoms with van der Waals surface area (Å²) in [4.78, 5) is 37.9. The highest BCUT2D eigenvalue weighted by molar-refractivity contribution is 5.71. The normalized spacial score (nSPS) is 13.3. The van der Waals surface area contributed by atoms with Crippen molar-refractivity contribution in [1.82, 2.24) is 0 Å². The van der Waals surface area contributed by atoms with Gasteiger partial charge in [0.15, 0.2) is 6.10 Å². The largest absolute Gasteiger partial charge is 0.462 e. The number of allylic oxidation sites excluding steroid dienone is 24. The van der Waals surface area contributed by atoms with Gasteiger partial charge in [-0.1, -0.05) is 199 Å². The minimum atomic E-state index is -0.847. The van der Waals surface area contributed by atoms with E-state index in [2.05, 4.69) is 154 Å². The quantitative estimate of drug-likeness (QED) is 0.0263. The molecular formula is C59H90O6. The molecule has 1 atom stereocenters. The molecule has 0 N–H and O–H groups in total. The predicted octanol–water partition coefficient (Wildman–Crippen LogP) is 16.9. The molecule has 0 aromatic heterocycles. The van der Waals surface area contributed by atoms with E-state index in [0.717, 1.165) is 116 Å². The predicted molar refractivity (Wildman–Crippen MR) is 279 cm³/mol. The Morgan fingerprint density at radius 2 is 0.646 bits per heavy atom. The number of carbonyl (C=O) groups is 3. The second-order valence-corrected chi connectivity index (χ2v) is 16.0. The summed E-state index contributed by atoms with van der Waals surface area (Å²) in [5.41, 5.74) is 0. The van der Waals surface area contributed by atoms with Gasteiger partial charge in [0.2, 0.25) is 0 Å². The Balaban J connectivity index is 4.62. The summed E-state index contributed by atoms with van der Waals surface area (Å²) in [7, 11) is 0. The Kier molecular flexibility index (Phi) is 48.2. The molecule has 0 heterocycles. The molecule has 0 spiro atoms. The highest BCUT2D eigenvalue weighted by Crippen LogP contribution is 2.11. The van der Waals surface area contributed by atoms with Crippen molar-refractivity contribution >= 4 is 17.9 Å². The Morgan fingerprint density at radius 1 is 0.323 bits per heavy atom. The first-order valence-electron chi connectivity index (χ1n) is 25.3. The fourth-order valence-corrected chi connectivity index (χ4v) is 6.07. The molecule has 0 rings (SSSR count). The minimum Gasteiger partial charge on any atom is -0.462 e. The summed E-state index contributed by atoms with van der Waals surface area (Å²) >= 11 is 0. The van der Waals surface area contributed by atoms with Crippen LogP contribution in [0.2, 0.25) is 0 Å². The number of hydrogen-bond donors (Lipinski definition) is 0. The van der Waals surface area contributed by atoms with Crippen molar-refractivity contribution in [2.24, 2.45) is 0 Å². The van der Waals surface area contributed by atoms with E-state index in [9.17, 15) is 14.4 Å². The average molecular weight is 895 g/mol. The van der Waals surface area contributed by atoms with Crippen molar-refractivity contribution in [2.75, 3.05) is 13.2 Å². The number of carbonyl (C=O) groups excluding carboxylic acids is 3. The van der Waals surface area contributed by atoms with Crippen LogP contribution in [-0.4, -0.2) is 37.2 Å². The second-order valence-electron chi connectivity index (χ2n) is 16.0. The Labute approximate surface area is 397 Å². The van der Waals surface area contributed by atoms with Crippen LogP contribution in [0, 0.1) is 0 Å². The molecule has 0 aliphatic rings. The van der Waals surface area contributed by atoms with Crippen LogP contribution in [0.4, 0.5) is 0 Å². The van der Waals surface area contributed by atoms with Crippen LogP contribution in [-0.2, 0) is 28.6 Å². The third kappa shape index (κ3) is 50.2. The van der Waals surface area contributed by atoms with Gasteiger partial charge in [0, 0.05) is 19.3 Å². The first-order valence-corrected chi connectivity index (χ1v) is 25.3. The van der Waals surface area contributed by atoms with Crippen molar-refractivity contribution in [3.8, 4) is 0 Å². The SMILES string of the molecule is CC/C=C\C/C=C\C/C=C\C/C=C\C/C=C\C/C=C\CCC(=O)OCC(COC(=O)CCCCCCC/C=C\CCCC)OC(=O)CCC/C=C\C/C=C\C/C=C\C/C=C\C/C=C\CC. The van der Waals surface area contributed by atoms with Crippen molar-refractivity contribution in [1.29, 1.82) is 0 Å². The zero-order valence-corrected chi connectivity index (χ0v) is 41.2. The molecule has 65 heavy (non-hydrogen) atoms. The highest BCUT2D eigenvalue weighted by Gasteiger charge is 2.19. The Morgan fingerprint density at radius 3 is 1.09 bits per heavy atom. The zero-order chi connectivity index (χ0) is 47.2. The maximum atomic E-state index is 12.8. The number of hydrogen-bond acceptors (Lipinski definition) is 6. The molecule has 0 saturated carbocycles. The average Bonchev–Trinajstić information content (AvgIpc) is 3.30. The molecule has 0 aliphatic carbocycles. The Bertz CT molecular complexity index is 1490. The van der Waals surface area contributed by atoms with Crippen LogP contribution < -0.4 is 0 Å². The van der Waals surface area contributed by atoms with Crippen LogP contribution in [0.1, 0.15) is 188 Å². The van der Waals surface area contributed by atoms with Gasteiger partial charge >= 0.3 is 17.9 Å². The lowest BCUT2D eigenvalue weighted by Gasteiger charge is -2.18. The lowest BCUT2D eigenvalue weighted by molar-refractivity contribution is -0.166. The number of unbranched alkanes of at least 4 members (excludes halogenated alkanes) is 8. The number of ether oxygens (including phenoxy) is 3. The molecule has 1 unspecified atom stereocenters. The van der Waals surface area contributed by atoms with Gasteiger partial charge < -0.3 is 14.2 Å². The van der Waals surface area contributed by atoms with Gasteiger partial charge in [-0.3, -0.25) is 14.4 Å². The molecule has 6 nitrogen and oxygen atoms in total. The highest BCUT2D eigenvalue weighted by atomic mass is 16.6. The van der Waals surface area contributed by atoms with E-state index in [4.69, 9.17) is 14.2 Å². The van der Waals surface area contributed by atoms with E-state index in [1.54, 1.807) is 0 Å². The van der Waals surface area contributed by atoms with Crippen LogP contribution in [0.25, 0.3) is 0 Å². The summed E-state index contributed by atoms with van der Waals surface area (Å²) < 4.78 is 16.6. The molecule has 0 aromatic carbocycles. The first kappa shape index (κ1) is 60.3. The van der Waals surface area contributed by atoms with Crippen molar-refractivity contribution < 1.29 is 28.6 Å². The van der Waals surface area contributed by atoms with Crippen molar-refractivity contribution in [3.63, 3.8) is 0 Å². The molecule has 0 fully saturated rings. The summed E-state index contributed by atoms with van der Waals surface area (Å²) in [6.45, 7) is 6.22. The van der Waals surface area contributed by atoms with E-state index in [1.807, 2.05) is 12.2 Å². The summed E-state index contributed by atoms with van der Waals surface area (Å²) in [5, 5.41) is 0. The first-order chi connectivity index (χ1) is 32.0. The molecule has 0 aromatic rings. The van der Waals surface area contributed by atoms with Gasteiger partial charge in [0.1, 0.15) is 13.2 Å². The lowest BCUT2D eigenvalue weighted by atomic mass is 10.1. The van der Waals surface area contributed by atoms with Crippen molar-refractivity contribution in [2.45, 2.75) is 194 Å². The van der Waals surface area contributed by atoms with E-state index in [1.165, 1.54) is 19.3 Å². The third-order valence-electron chi connectivity index (χ3n) is 9.82. The molecule has 0 aliphatic heterocycles. The van der Waals surface area contributed by atoms with Crippen LogP contribution in [0.15, 0.2) is 146 Å². The maximum Gasteiger partial charge on any atom is 0.306 e. The van der Waals surface area contributed by atoms with Gasteiger partial charge in [0.05, 0.1) is 0 Å². The molecular weight excluding hydrogens is 805 g/mol. The van der Waals surface area contributed by atoms with Crippen LogP contribution in [0.3, 0.4) is 0 Å². The van der Waals surface area contributed by atoms with Crippen LogP contribution in [0.5, 0.6) is 0 Å². The zero-order valence-electron chi connectivity index (χ0n) is 41.2.